The minimum atomic E-state index is -0.589. The molecule has 0 aromatic heterocycles. The molecule has 2 aliphatic rings. The van der Waals surface area contributed by atoms with Gasteiger partial charge in [-0.25, -0.2) is 0 Å². The molecule has 8 heteroatoms. The van der Waals surface area contributed by atoms with Crippen molar-refractivity contribution in [3.8, 4) is 11.8 Å². The molecule has 1 atom stereocenters. The van der Waals surface area contributed by atoms with Gasteiger partial charge in [-0.1, -0.05) is 26.0 Å². The average molecular weight is 459 g/mol. The quantitative estimate of drug-likeness (QED) is 0.497. The van der Waals surface area contributed by atoms with E-state index in [9.17, 15) is 20.2 Å². The van der Waals surface area contributed by atoms with Gasteiger partial charge in [0.15, 0.2) is 5.78 Å². The van der Waals surface area contributed by atoms with Crippen LogP contribution in [0.4, 0.5) is 11.4 Å². The van der Waals surface area contributed by atoms with Gasteiger partial charge in [0, 0.05) is 35.5 Å². The number of nitro groups is 1. The molecular weight excluding hydrogens is 432 g/mol. The summed E-state index contributed by atoms with van der Waals surface area (Å²) in [5.41, 5.74) is 9.14. The first kappa shape index (κ1) is 23.1. The van der Waals surface area contributed by atoms with Crippen LogP contribution in [0.25, 0.3) is 0 Å². The zero-order valence-electron chi connectivity index (χ0n) is 19.4. The van der Waals surface area contributed by atoms with Gasteiger partial charge in [0.2, 0.25) is 0 Å². The van der Waals surface area contributed by atoms with Crippen LogP contribution >= 0.6 is 0 Å². The van der Waals surface area contributed by atoms with E-state index in [-0.39, 0.29) is 28.3 Å². The molecular formula is C26H26N4O4. The number of benzene rings is 2. The molecule has 0 fully saturated rings. The lowest BCUT2D eigenvalue weighted by atomic mass is 9.68. The van der Waals surface area contributed by atoms with Gasteiger partial charge in [0.1, 0.15) is 11.6 Å². The van der Waals surface area contributed by atoms with Crippen molar-refractivity contribution in [1.82, 2.24) is 0 Å². The molecule has 0 amide bonds. The molecule has 0 saturated heterocycles. The van der Waals surface area contributed by atoms with E-state index in [1.54, 1.807) is 17.0 Å². The number of nitro benzene ring substituents is 1. The lowest BCUT2D eigenvalue weighted by molar-refractivity contribution is -0.384. The number of non-ortho nitro benzene ring substituents is 1. The third-order valence-corrected chi connectivity index (χ3v) is 6.22. The molecule has 0 saturated carbocycles. The topological polar surface area (TPSA) is 122 Å². The maximum absolute atomic E-state index is 13.5. The van der Waals surface area contributed by atoms with Crippen LogP contribution in [0.2, 0.25) is 0 Å². The molecule has 8 nitrogen and oxygen atoms in total. The van der Waals surface area contributed by atoms with Crippen molar-refractivity contribution in [3.63, 3.8) is 0 Å². The first-order chi connectivity index (χ1) is 16.2. The van der Waals surface area contributed by atoms with Crippen molar-refractivity contribution in [2.45, 2.75) is 39.5 Å². The Morgan fingerprint density at radius 3 is 2.38 bits per heavy atom. The van der Waals surface area contributed by atoms with Gasteiger partial charge in [0.25, 0.3) is 5.69 Å². The molecule has 2 N–H and O–H groups in total. The number of rotatable bonds is 5. The van der Waals surface area contributed by atoms with Crippen molar-refractivity contribution >= 4 is 17.2 Å². The van der Waals surface area contributed by atoms with Crippen LogP contribution in [0.1, 0.15) is 45.1 Å². The summed E-state index contributed by atoms with van der Waals surface area (Å²) in [6, 6.07) is 15.6. The Balaban J connectivity index is 1.91. The predicted octanol–water partition coefficient (Wildman–Crippen LogP) is 4.93. The molecule has 2 aromatic carbocycles. The molecule has 1 aliphatic heterocycles. The average Bonchev–Trinajstić information content (AvgIpc) is 2.78. The van der Waals surface area contributed by atoms with E-state index < -0.39 is 10.8 Å². The molecule has 174 valence electrons. The van der Waals surface area contributed by atoms with E-state index in [0.717, 1.165) is 11.3 Å². The highest BCUT2D eigenvalue weighted by molar-refractivity contribution is 6.01. The Morgan fingerprint density at radius 2 is 1.82 bits per heavy atom. The monoisotopic (exact) mass is 458 g/mol. The normalized spacial score (nSPS) is 19.5. The SMILES string of the molecule is CCOc1ccc([C@H]2C(C#N)=C(N)N(c3ccc([N+](=O)[O-])cc3)C3=C2C(=O)CC(C)(C)C3)cc1. The molecule has 0 radical (unpaired) electrons. The Labute approximate surface area is 198 Å². The first-order valence-corrected chi connectivity index (χ1v) is 11.1. The fraction of sp³-hybridized carbons (Fsp3) is 0.308. The largest absolute Gasteiger partial charge is 0.494 e. The number of ether oxygens (including phenoxy) is 1. The van der Waals surface area contributed by atoms with Gasteiger partial charge in [-0.05, 0) is 48.6 Å². The highest BCUT2D eigenvalue weighted by Crippen LogP contribution is 2.50. The summed E-state index contributed by atoms with van der Waals surface area (Å²) in [6.07, 6.45) is 0.921. The van der Waals surface area contributed by atoms with Crippen molar-refractivity contribution in [2.75, 3.05) is 11.5 Å². The number of nitriles is 1. The van der Waals surface area contributed by atoms with Crippen LogP contribution in [0, 0.1) is 26.9 Å². The van der Waals surface area contributed by atoms with Crippen LogP contribution in [0.15, 0.2) is 71.2 Å². The van der Waals surface area contributed by atoms with Gasteiger partial charge in [-0.2, -0.15) is 5.26 Å². The van der Waals surface area contributed by atoms with Crippen molar-refractivity contribution in [2.24, 2.45) is 11.1 Å². The van der Waals surface area contributed by atoms with Gasteiger partial charge in [-0.3, -0.25) is 19.8 Å². The maximum atomic E-state index is 13.5. The smallest absolute Gasteiger partial charge is 0.269 e. The van der Waals surface area contributed by atoms with E-state index in [1.807, 2.05) is 45.0 Å². The van der Waals surface area contributed by atoms with Crippen LogP contribution < -0.4 is 15.4 Å². The Bertz CT molecular complexity index is 1250. The lowest BCUT2D eigenvalue weighted by Crippen LogP contribution is -2.42. The minimum absolute atomic E-state index is 0.0303. The van der Waals surface area contributed by atoms with Gasteiger partial charge in [0.05, 0.1) is 29.1 Å². The van der Waals surface area contributed by atoms with Gasteiger partial charge < -0.3 is 10.5 Å². The fourth-order valence-corrected chi connectivity index (χ4v) is 4.78. The molecule has 0 spiro atoms. The van der Waals surface area contributed by atoms with Crippen LogP contribution in [0.5, 0.6) is 5.75 Å². The number of anilines is 1. The third-order valence-electron chi connectivity index (χ3n) is 6.22. The van der Waals surface area contributed by atoms with Crippen LogP contribution in [-0.2, 0) is 4.79 Å². The molecule has 0 bridgehead atoms. The van der Waals surface area contributed by atoms with Crippen molar-refractivity contribution in [3.05, 3.63) is 86.9 Å². The standard InChI is InChI=1S/C26H26N4O4/c1-4-34-19-11-5-16(6-12-19)23-20(15-27)25(28)29(17-7-9-18(10-8-17)30(32)33)21-13-26(2,3)14-22(31)24(21)23/h5-12,23H,4,13-14,28H2,1-3H3/t23-/m0/s1. The van der Waals surface area contributed by atoms with Crippen molar-refractivity contribution < 1.29 is 14.5 Å². The van der Waals surface area contributed by atoms with E-state index in [0.29, 0.717) is 36.5 Å². The zero-order valence-corrected chi connectivity index (χ0v) is 19.4. The van der Waals surface area contributed by atoms with Crippen LogP contribution in [0.3, 0.4) is 0 Å². The van der Waals surface area contributed by atoms with Gasteiger partial charge in [-0.15, -0.1) is 0 Å². The molecule has 0 unspecified atom stereocenters. The van der Waals surface area contributed by atoms with E-state index in [4.69, 9.17) is 10.5 Å². The number of hydrogen-bond donors (Lipinski definition) is 1. The highest BCUT2D eigenvalue weighted by atomic mass is 16.6. The highest BCUT2D eigenvalue weighted by Gasteiger charge is 2.44. The van der Waals surface area contributed by atoms with E-state index in [1.165, 1.54) is 12.1 Å². The molecule has 4 rings (SSSR count). The van der Waals surface area contributed by atoms with E-state index in [2.05, 4.69) is 6.07 Å². The summed E-state index contributed by atoms with van der Waals surface area (Å²) in [5, 5.41) is 21.3. The number of carbonyl (C=O) groups excluding carboxylic acids is 1. The zero-order chi connectivity index (χ0) is 24.6. The summed E-state index contributed by atoms with van der Waals surface area (Å²) < 4.78 is 5.54. The third kappa shape index (κ3) is 4.01. The minimum Gasteiger partial charge on any atom is -0.494 e. The first-order valence-electron chi connectivity index (χ1n) is 11.1. The number of nitrogens with two attached hydrogens (primary N) is 1. The number of hydrogen-bond acceptors (Lipinski definition) is 7. The summed E-state index contributed by atoms with van der Waals surface area (Å²) in [4.78, 5) is 25.9. The summed E-state index contributed by atoms with van der Waals surface area (Å²) in [6.45, 7) is 6.48. The van der Waals surface area contributed by atoms with E-state index >= 15 is 0 Å². The predicted molar refractivity (Wildman–Crippen MR) is 128 cm³/mol. The Hall–Kier alpha value is -4.12. The molecule has 1 heterocycles. The number of carbonyl (C=O) groups is 1. The second kappa shape index (κ2) is 8.67. The number of ketones is 1. The lowest BCUT2D eigenvalue weighted by Gasteiger charge is -2.43. The fourth-order valence-electron chi connectivity index (χ4n) is 4.78. The Morgan fingerprint density at radius 1 is 1.18 bits per heavy atom. The number of allylic oxidation sites excluding steroid dienone is 3. The maximum Gasteiger partial charge on any atom is 0.269 e. The second-order valence-corrected chi connectivity index (χ2v) is 9.26. The van der Waals surface area contributed by atoms with Gasteiger partial charge >= 0.3 is 0 Å². The molecule has 34 heavy (non-hydrogen) atoms. The number of Topliss-reactive ketones (excluding diaryl/α,β-unsaturated/α-hetero) is 1. The summed E-state index contributed by atoms with van der Waals surface area (Å²) in [5.74, 6) is 0.306. The van der Waals surface area contributed by atoms with Crippen molar-refractivity contribution in [1.29, 1.82) is 5.26 Å². The molecule has 1 aliphatic carbocycles. The molecule has 2 aromatic rings. The second-order valence-electron chi connectivity index (χ2n) is 9.26. The number of nitrogens with zero attached hydrogens (tertiary/aromatic N) is 3. The summed E-state index contributed by atoms with van der Waals surface area (Å²) >= 11 is 0. The Kier molecular flexibility index (Phi) is 5.88. The van der Waals surface area contributed by atoms with Crippen LogP contribution in [-0.4, -0.2) is 17.3 Å². The summed E-state index contributed by atoms with van der Waals surface area (Å²) in [7, 11) is 0.